The van der Waals surface area contributed by atoms with Gasteiger partial charge in [0.1, 0.15) is 6.61 Å². The fourth-order valence-corrected chi connectivity index (χ4v) is 11.7. The van der Waals surface area contributed by atoms with Crippen LogP contribution in [0.4, 0.5) is 0 Å². The van der Waals surface area contributed by atoms with E-state index in [0.717, 1.165) is 64.2 Å². The number of ether oxygens (including phenoxy) is 2. The molecule has 0 aliphatic heterocycles. The molecular formula is C73H138NO8P. The second-order valence-electron chi connectivity index (χ2n) is 24.4. The minimum Gasteiger partial charge on any atom is -0.462 e. The Morgan fingerprint density at radius 2 is 0.663 bits per heavy atom. The lowest BCUT2D eigenvalue weighted by molar-refractivity contribution is -0.161. The van der Waals surface area contributed by atoms with E-state index in [1.54, 1.807) is 0 Å². The third-order valence-electron chi connectivity index (χ3n) is 16.2. The van der Waals surface area contributed by atoms with Crippen LogP contribution in [0.5, 0.6) is 0 Å². The smallest absolute Gasteiger partial charge is 0.462 e. The molecule has 3 N–H and O–H groups in total. The van der Waals surface area contributed by atoms with Gasteiger partial charge in [0.05, 0.1) is 13.2 Å². The first-order chi connectivity index (χ1) is 40.8. The normalized spacial score (nSPS) is 13.2. The summed E-state index contributed by atoms with van der Waals surface area (Å²) in [6, 6.07) is 0. The molecule has 0 aliphatic carbocycles. The highest BCUT2D eigenvalue weighted by molar-refractivity contribution is 7.47. The van der Waals surface area contributed by atoms with E-state index in [4.69, 9.17) is 24.3 Å². The Kier molecular flexibility index (Phi) is 67.4. The summed E-state index contributed by atoms with van der Waals surface area (Å²) in [4.78, 5) is 35.4. The molecule has 10 heteroatoms. The summed E-state index contributed by atoms with van der Waals surface area (Å²) in [6.45, 7) is 3.70. The average molecular weight is 1190 g/mol. The lowest BCUT2D eigenvalue weighted by atomic mass is 10.0. The maximum atomic E-state index is 12.8. The summed E-state index contributed by atoms with van der Waals surface area (Å²) in [5, 5.41) is 0. The van der Waals surface area contributed by atoms with Gasteiger partial charge in [0.15, 0.2) is 6.10 Å². The number of phosphoric acid groups is 1. The highest BCUT2D eigenvalue weighted by Crippen LogP contribution is 2.43. The predicted molar refractivity (Wildman–Crippen MR) is 358 cm³/mol. The molecule has 488 valence electrons. The van der Waals surface area contributed by atoms with Gasteiger partial charge in [-0.25, -0.2) is 4.57 Å². The van der Waals surface area contributed by atoms with Crippen LogP contribution in [-0.4, -0.2) is 49.3 Å². The zero-order valence-electron chi connectivity index (χ0n) is 55.0. The van der Waals surface area contributed by atoms with Gasteiger partial charge in [-0.2, -0.15) is 0 Å². The quantitative estimate of drug-likeness (QED) is 0.0264. The number of phosphoric ester groups is 1. The zero-order valence-corrected chi connectivity index (χ0v) is 55.8. The summed E-state index contributed by atoms with van der Waals surface area (Å²) in [5.74, 6) is -0.809. The first-order valence-corrected chi connectivity index (χ1v) is 37.6. The maximum Gasteiger partial charge on any atom is 0.472 e. The van der Waals surface area contributed by atoms with Gasteiger partial charge < -0.3 is 20.1 Å². The fourth-order valence-electron chi connectivity index (χ4n) is 10.9. The van der Waals surface area contributed by atoms with E-state index in [2.05, 4.69) is 62.5 Å². The van der Waals surface area contributed by atoms with Gasteiger partial charge in [-0.3, -0.25) is 18.6 Å². The Hall–Kier alpha value is -2.03. The highest BCUT2D eigenvalue weighted by atomic mass is 31.2. The van der Waals surface area contributed by atoms with Gasteiger partial charge in [0, 0.05) is 19.4 Å². The van der Waals surface area contributed by atoms with Crippen LogP contribution in [0, 0.1) is 0 Å². The van der Waals surface area contributed by atoms with Gasteiger partial charge in [-0.05, 0) is 51.4 Å². The zero-order chi connectivity index (χ0) is 60.1. The standard InChI is InChI=1S/C73H138NO8P/c1-3-5-7-9-11-13-15-17-19-21-23-25-27-29-31-32-33-34-35-36-37-38-40-41-43-45-47-49-51-53-55-57-59-61-63-65-72(75)79-69-71(70-81-83(77,78)80-68-67-74)82-73(76)66-64-62-60-58-56-54-52-50-48-46-44-42-39-30-28-26-24-22-20-18-16-14-12-10-8-6-4-2/h6,8,12,14,18,20,24,26,71H,3-5,7,9-11,13,15-17,19,21-23,25,27-70,74H2,1-2H3,(H,77,78)/b8-6-,14-12-,20-18-,26-24-. The third-order valence-corrected chi connectivity index (χ3v) is 17.2. The van der Waals surface area contributed by atoms with Crippen LogP contribution < -0.4 is 5.73 Å². The Bertz CT molecular complexity index is 1500. The SMILES string of the molecule is CC/C=C\C/C=C\C/C=C\C/C=C\CCCCCCCCCCCCCCCCC(=O)OC(COC(=O)CCCCCCCCCCCCCCCCCCCCCCCCCCCCCCCCCCCCC)COP(=O)(O)OCCN. The van der Waals surface area contributed by atoms with Gasteiger partial charge in [0.2, 0.25) is 0 Å². The van der Waals surface area contributed by atoms with Gasteiger partial charge >= 0.3 is 19.8 Å². The van der Waals surface area contributed by atoms with Crippen LogP contribution in [0.25, 0.3) is 0 Å². The van der Waals surface area contributed by atoms with Crippen LogP contribution >= 0.6 is 7.82 Å². The largest absolute Gasteiger partial charge is 0.472 e. The molecule has 0 aliphatic rings. The van der Waals surface area contributed by atoms with Crippen molar-refractivity contribution >= 4 is 19.8 Å². The molecule has 2 atom stereocenters. The summed E-state index contributed by atoms with van der Waals surface area (Å²) in [6.07, 6.45) is 88.0. The van der Waals surface area contributed by atoms with Crippen LogP contribution in [0.3, 0.4) is 0 Å². The van der Waals surface area contributed by atoms with Crippen LogP contribution in [0.2, 0.25) is 0 Å². The number of hydrogen-bond donors (Lipinski definition) is 2. The summed E-state index contributed by atoms with van der Waals surface area (Å²) in [5.41, 5.74) is 5.40. The fraction of sp³-hybridized carbons (Fsp3) is 0.863. The van der Waals surface area contributed by atoms with Gasteiger partial charge in [-0.1, -0.05) is 358 Å². The summed E-state index contributed by atoms with van der Waals surface area (Å²) < 4.78 is 33.2. The highest BCUT2D eigenvalue weighted by Gasteiger charge is 2.26. The monoisotopic (exact) mass is 1190 g/mol. The Morgan fingerprint density at radius 3 is 0.988 bits per heavy atom. The molecule has 83 heavy (non-hydrogen) atoms. The number of carbonyl (C=O) groups is 2. The van der Waals surface area contributed by atoms with Crippen molar-refractivity contribution < 1.29 is 37.6 Å². The van der Waals surface area contributed by atoms with Crippen molar-refractivity contribution in [3.8, 4) is 0 Å². The van der Waals surface area contributed by atoms with Crippen molar-refractivity contribution in [3.63, 3.8) is 0 Å². The number of nitrogens with two attached hydrogens (primary N) is 1. The molecule has 0 amide bonds. The molecule has 9 nitrogen and oxygen atoms in total. The van der Waals surface area contributed by atoms with Crippen LogP contribution in [0.1, 0.15) is 373 Å². The number of unbranched alkanes of at least 4 members (excludes halogenated alkanes) is 48. The molecule has 0 bridgehead atoms. The molecule has 2 unspecified atom stereocenters. The maximum absolute atomic E-state index is 12.8. The van der Waals surface area contributed by atoms with Crippen LogP contribution in [-0.2, 0) is 32.7 Å². The molecule has 0 spiro atoms. The predicted octanol–water partition coefficient (Wildman–Crippen LogP) is 23.6. The van der Waals surface area contributed by atoms with E-state index in [-0.39, 0.29) is 38.6 Å². The van der Waals surface area contributed by atoms with E-state index in [1.807, 2.05) is 0 Å². The second kappa shape index (κ2) is 69.1. The minimum atomic E-state index is -4.39. The molecule has 0 aromatic heterocycles. The van der Waals surface area contributed by atoms with Crippen molar-refractivity contribution in [2.75, 3.05) is 26.4 Å². The lowest BCUT2D eigenvalue weighted by Crippen LogP contribution is -2.29. The minimum absolute atomic E-state index is 0.0546. The molecule has 0 aromatic carbocycles. The lowest BCUT2D eigenvalue weighted by Gasteiger charge is -2.19. The first-order valence-electron chi connectivity index (χ1n) is 36.1. The Balaban J connectivity index is 3.79. The van der Waals surface area contributed by atoms with Gasteiger partial charge in [0.25, 0.3) is 0 Å². The van der Waals surface area contributed by atoms with Crippen molar-refractivity contribution in [1.29, 1.82) is 0 Å². The summed E-state index contributed by atoms with van der Waals surface area (Å²) >= 11 is 0. The third kappa shape index (κ3) is 68.9. The molecule has 0 rings (SSSR count). The van der Waals surface area contributed by atoms with Crippen molar-refractivity contribution in [2.45, 2.75) is 380 Å². The average Bonchev–Trinajstić information content (AvgIpc) is 3.48. The van der Waals surface area contributed by atoms with E-state index in [0.29, 0.717) is 6.42 Å². The molecule has 0 fully saturated rings. The molecule has 0 saturated carbocycles. The topological polar surface area (TPSA) is 134 Å². The van der Waals surface area contributed by atoms with Gasteiger partial charge in [-0.15, -0.1) is 0 Å². The second-order valence-corrected chi connectivity index (χ2v) is 25.9. The summed E-state index contributed by atoms with van der Waals surface area (Å²) in [7, 11) is -4.39. The molecule has 0 aromatic rings. The van der Waals surface area contributed by atoms with E-state index >= 15 is 0 Å². The van der Waals surface area contributed by atoms with E-state index < -0.39 is 26.5 Å². The van der Waals surface area contributed by atoms with E-state index in [1.165, 1.54) is 276 Å². The van der Waals surface area contributed by atoms with Crippen molar-refractivity contribution in [2.24, 2.45) is 5.73 Å². The number of rotatable bonds is 69. The number of hydrogen-bond acceptors (Lipinski definition) is 8. The van der Waals surface area contributed by atoms with Crippen LogP contribution in [0.15, 0.2) is 48.6 Å². The molecule has 0 radical (unpaired) electrons. The van der Waals surface area contributed by atoms with Crippen molar-refractivity contribution in [1.82, 2.24) is 0 Å². The Morgan fingerprint density at radius 1 is 0.373 bits per heavy atom. The molecule has 0 saturated heterocycles. The first kappa shape index (κ1) is 81.0. The number of allylic oxidation sites excluding steroid dienone is 8. The Labute approximate surface area is 515 Å². The number of esters is 2. The molecular weight excluding hydrogens is 1050 g/mol. The van der Waals surface area contributed by atoms with E-state index in [9.17, 15) is 19.0 Å². The molecule has 0 heterocycles. The number of carbonyl (C=O) groups excluding carboxylic acids is 2. The van der Waals surface area contributed by atoms with Crippen molar-refractivity contribution in [3.05, 3.63) is 48.6 Å².